The lowest BCUT2D eigenvalue weighted by atomic mass is 9.37. The molecule has 0 bridgehead atoms. The highest BCUT2D eigenvalue weighted by Crippen LogP contribution is 2.70. The lowest BCUT2D eigenvalue weighted by Gasteiger charge is -2.67. The molecule has 0 radical (unpaired) electrons. The Bertz CT molecular complexity index is 1960. The number of nitrogens with zero attached hydrogens (tertiary/aromatic N) is 1. The topological polar surface area (TPSA) is 146 Å². The Hall–Kier alpha value is -3.96. The summed E-state index contributed by atoms with van der Waals surface area (Å²) in [5.74, 6) is 3.48. The molecule has 5 aliphatic rings. The molecule has 1 aromatic carbocycles. The number of nitrogens with one attached hydrogen (secondary N) is 1. The molecule has 4 saturated carbocycles. The molecule has 0 aliphatic heterocycles. The number of rotatable bonds is 13. The quantitative estimate of drug-likeness (QED) is 0.0649. The fourth-order valence-corrected chi connectivity index (χ4v) is 13.0. The van der Waals surface area contributed by atoms with Crippen molar-refractivity contribution in [2.45, 2.75) is 158 Å². The maximum atomic E-state index is 14.2. The van der Waals surface area contributed by atoms with Crippen LogP contribution in [-0.4, -0.2) is 67.0 Å². The molecule has 7 unspecified atom stereocenters. The van der Waals surface area contributed by atoms with Gasteiger partial charge in [0, 0.05) is 29.9 Å². The molecule has 368 valence electrons. The van der Waals surface area contributed by atoms with Gasteiger partial charge in [-0.1, -0.05) is 104 Å². The molecule has 10 atom stereocenters. The zero-order valence-corrected chi connectivity index (χ0v) is 43.7. The van der Waals surface area contributed by atoms with Gasteiger partial charge in [-0.25, -0.2) is 5.43 Å². The number of Topliss-reactive ketones (excluding diaryl/α,β-unsaturated/α-hetero) is 1. The molecule has 5 aliphatic carbocycles. The number of carbonyl (C=O) groups is 4. The Balaban J connectivity index is 0.000000332. The van der Waals surface area contributed by atoms with Crippen molar-refractivity contribution in [3.8, 4) is 11.5 Å². The van der Waals surface area contributed by atoms with Crippen LogP contribution in [0.1, 0.15) is 152 Å². The van der Waals surface area contributed by atoms with Gasteiger partial charge in [-0.2, -0.15) is 16.9 Å². The highest BCUT2D eigenvalue weighted by Gasteiger charge is 2.67. The van der Waals surface area contributed by atoms with E-state index < -0.39 is 5.54 Å². The van der Waals surface area contributed by atoms with Crippen molar-refractivity contribution >= 4 is 41.4 Å². The monoisotopic (exact) mass is 932 g/mol. The van der Waals surface area contributed by atoms with E-state index in [1.807, 2.05) is 50.3 Å². The van der Waals surface area contributed by atoms with E-state index >= 15 is 0 Å². The normalized spacial score (nSPS) is 32.1. The molecule has 6 rings (SSSR count). The number of fused-ring (bicyclic) bond motifs is 7. The van der Waals surface area contributed by atoms with Gasteiger partial charge in [-0.15, -0.1) is 0 Å². The molecule has 0 heterocycles. The number of methoxy groups -OCH3 is 2. The molecule has 0 aromatic heterocycles. The molecule has 11 heteroatoms. The molecular weight excluding hydrogens is 847 g/mol. The third-order valence-electron chi connectivity index (χ3n) is 15.5. The Kier molecular flexibility index (Phi) is 21.7. The van der Waals surface area contributed by atoms with E-state index in [9.17, 15) is 19.2 Å². The van der Waals surface area contributed by atoms with Crippen molar-refractivity contribution in [3.63, 3.8) is 0 Å². The highest BCUT2D eigenvalue weighted by molar-refractivity contribution is 7.99. The lowest BCUT2D eigenvalue weighted by molar-refractivity contribution is -0.181. The molecule has 1 amide bonds. The summed E-state index contributed by atoms with van der Waals surface area (Å²) in [5.41, 5.74) is 12.2. The van der Waals surface area contributed by atoms with Gasteiger partial charge in [-0.05, 0) is 142 Å². The lowest BCUT2D eigenvalue weighted by Crippen LogP contribution is -2.68. The third-order valence-corrected chi connectivity index (χ3v) is 16.5. The van der Waals surface area contributed by atoms with Gasteiger partial charge in [0.25, 0.3) is 0 Å². The summed E-state index contributed by atoms with van der Waals surface area (Å²) < 4.78 is 16.2. The number of benzene rings is 1. The summed E-state index contributed by atoms with van der Waals surface area (Å²) >= 11 is 1.57. The predicted octanol–water partition coefficient (Wildman–Crippen LogP) is 11.8. The maximum Gasteiger partial charge on any atom is 0.302 e. The van der Waals surface area contributed by atoms with Crippen LogP contribution in [0, 0.1) is 45.8 Å². The van der Waals surface area contributed by atoms with E-state index in [0.29, 0.717) is 35.5 Å². The van der Waals surface area contributed by atoms with E-state index in [1.54, 1.807) is 51.3 Å². The minimum atomic E-state index is -0.577. The van der Waals surface area contributed by atoms with Crippen LogP contribution in [0.3, 0.4) is 0 Å². The van der Waals surface area contributed by atoms with Crippen LogP contribution in [0.25, 0.3) is 0 Å². The van der Waals surface area contributed by atoms with Gasteiger partial charge < -0.3 is 19.9 Å². The summed E-state index contributed by atoms with van der Waals surface area (Å²) in [6.07, 6.45) is 21.8. The van der Waals surface area contributed by atoms with Crippen LogP contribution in [-0.2, 0) is 23.9 Å². The largest absolute Gasteiger partial charge is 0.493 e. The Morgan fingerprint density at radius 2 is 1.62 bits per heavy atom. The number of ether oxygens (including phenoxy) is 3. The predicted molar refractivity (Wildman–Crippen MR) is 273 cm³/mol. The van der Waals surface area contributed by atoms with Crippen LogP contribution >= 0.6 is 11.8 Å². The van der Waals surface area contributed by atoms with Crippen LogP contribution in [0.15, 0.2) is 71.4 Å². The first-order valence-electron chi connectivity index (χ1n) is 24.6. The first-order chi connectivity index (χ1) is 31.3. The zero-order valence-electron chi connectivity index (χ0n) is 42.9. The smallest absolute Gasteiger partial charge is 0.302 e. The van der Waals surface area contributed by atoms with Crippen molar-refractivity contribution in [3.05, 3.63) is 71.9 Å². The highest BCUT2D eigenvalue weighted by atomic mass is 32.2. The average molecular weight is 932 g/mol. The molecule has 10 nitrogen and oxygen atoms in total. The second-order valence-corrected chi connectivity index (χ2v) is 20.9. The molecule has 0 saturated heterocycles. The summed E-state index contributed by atoms with van der Waals surface area (Å²) in [5, 5.41) is 3.99. The summed E-state index contributed by atoms with van der Waals surface area (Å²) in [6, 6.07) is 5.47. The molecule has 4 fully saturated rings. The average Bonchev–Trinajstić information content (AvgIpc) is 3.27. The number of para-hydroxylation sites is 1. The second kappa shape index (κ2) is 25.4. The number of esters is 1. The second-order valence-electron chi connectivity index (χ2n) is 19.8. The number of carbonyl (C=O) groups excluding carboxylic acids is 4. The minimum Gasteiger partial charge on any atom is -0.493 e. The Morgan fingerprint density at radius 3 is 2.24 bits per heavy atom. The van der Waals surface area contributed by atoms with Crippen molar-refractivity contribution in [2.75, 3.05) is 25.7 Å². The number of allylic oxidation sites excluding steroid dienone is 6. The van der Waals surface area contributed by atoms with Crippen molar-refractivity contribution in [1.29, 1.82) is 0 Å². The van der Waals surface area contributed by atoms with E-state index in [1.165, 1.54) is 18.9 Å². The number of hydrogen-bond donors (Lipinski definition) is 2. The van der Waals surface area contributed by atoms with E-state index in [-0.39, 0.29) is 63.5 Å². The van der Waals surface area contributed by atoms with E-state index in [0.717, 1.165) is 74.7 Å². The van der Waals surface area contributed by atoms with Gasteiger partial charge in [0.15, 0.2) is 17.3 Å². The number of amides is 1. The third kappa shape index (κ3) is 12.8. The van der Waals surface area contributed by atoms with Gasteiger partial charge in [0.1, 0.15) is 11.9 Å². The molecule has 3 N–H and O–H groups in total. The summed E-state index contributed by atoms with van der Waals surface area (Å²) in [6.45, 7) is 26.4. The first kappa shape index (κ1) is 56.4. The van der Waals surface area contributed by atoms with Gasteiger partial charge in [0.2, 0.25) is 5.91 Å². The fourth-order valence-electron chi connectivity index (χ4n) is 12.2. The number of hydrogen-bond acceptors (Lipinski definition) is 10. The zero-order chi connectivity index (χ0) is 49.5. The number of ketones is 2. The summed E-state index contributed by atoms with van der Waals surface area (Å²) in [4.78, 5) is 50.1. The standard InChI is InChI=1S/C30H45NO4.C20H26N2O3S.C3H8.C2H6/c1-17-21-9-13-29(6)22-8-12-27(4)11-7-20(18(2)32)16-30(27,31)23(22)15-24(34)26(29)28(21,5)14-10-25(17)35-19(3)33;1-5-6-7-9-16(2)12-13-26-15-19(23)22-21-14-17-10-8-11-18(24-3)20(17)25-4;1-3-2;1-2/h15,17,20-22,25-26H,7-14,16,31H2,1-6H3;5-11,14H,1,12-13,15H2,2-4H3,(H,22,23);3H2,1-2H3;1-2H3/b;7-6-,16-9-,21-14+;;/t17?,20?,21?,22?,25-,26+,27+,28?,29?,30?;;;/m0.../s1. The SMILES string of the molecule is C=C/C=C\C=C(\C)CCSCC(=O)N/N=C/c1cccc(OC)c1OC.CC.CC(=O)O[C@H]1CCC2(C)C(CCC3(C)C4CC[C@@]5(C)CCC(C(C)=O)CC5(N)C4=CC(=O)[C@@H]32)C1C.CCC. The Labute approximate surface area is 402 Å². The minimum absolute atomic E-state index is 0.000913. The van der Waals surface area contributed by atoms with Crippen LogP contribution in [0.2, 0.25) is 0 Å². The first-order valence-corrected chi connectivity index (χ1v) is 25.7. The number of thioether (sulfide) groups is 1. The van der Waals surface area contributed by atoms with E-state index in [4.69, 9.17) is 19.9 Å². The van der Waals surface area contributed by atoms with Crippen molar-refractivity contribution < 1.29 is 33.4 Å². The van der Waals surface area contributed by atoms with E-state index in [2.05, 4.69) is 65.6 Å². The van der Waals surface area contributed by atoms with Gasteiger partial charge in [0.05, 0.1) is 26.2 Å². The van der Waals surface area contributed by atoms with Crippen LogP contribution in [0.4, 0.5) is 0 Å². The Morgan fingerprint density at radius 1 is 0.955 bits per heavy atom. The fraction of sp³-hybridized carbons (Fsp3) is 0.655. The molecular formula is C55H85N3O7S. The van der Waals surface area contributed by atoms with Crippen molar-refractivity contribution in [2.24, 2.45) is 56.7 Å². The van der Waals surface area contributed by atoms with Crippen LogP contribution in [0.5, 0.6) is 11.5 Å². The number of nitrogens with two attached hydrogens (primary N) is 1. The molecule has 0 spiro atoms. The summed E-state index contributed by atoms with van der Waals surface area (Å²) in [7, 11) is 3.14. The van der Waals surface area contributed by atoms with Crippen LogP contribution < -0.4 is 20.6 Å². The molecule has 66 heavy (non-hydrogen) atoms. The van der Waals surface area contributed by atoms with Gasteiger partial charge in [-0.3, -0.25) is 19.2 Å². The van der Waals surface area contributed by atoms with Crippen molar-refractivity contribution in [1.82, 2.24) is 5.43 Å². The maximum absolute atomic E-state index is 14.2. The number of hydrazone groups is 1. The molecule has 1 aromatic rings. The van der Waals surface area contributed by atoms with Gasteiger partial charge >= 0.3 is 5.97 Å².